The molecule has 0 radical (unpaired) electrons. The Labute approximate surface area is 154 Å². The molecule has 0 aromatic heterocycles. The van der Waals surface area contributed by atoms with Crippen molar-refractivity contribution >= 4 is 24.6 Å². The van der Waals surface area contributed by atoms with Gasteiger partial charge in [-0.1, -0.05) is 42.5 Å². The predicted octanol–water partition coefficient (Wildman–Crippen LogP) is 4.07. The van der Waals surface area contributed by atoms with Gasteiger partial charge in [-0.15, -0.1) is 0 Å². The quantitative estimate of drug-likeness (QED) is 0.375. The molecule has 6 heteroatoms. The summed E-state index contributed by atoms with van der Waals surface area (Å²) in [5.74, 6) is 1.17. The largest absolute Gasteiger partial charge is 0.464 e. The molecule has 2 aromatic carbocycles. The van der Waals surface area contributed by atoms with Gasteiger partial charge in [0.2, 0.25) is 0 Å². The Bertz CT molecular complexity index is 777. The van der Waals surface area contributed by atoms with Gasteiger partial charge < -0.3 is 23.5 Å². The molecule has 0 aliphatic carbocycles. The van der Waals surface area contributed by atoms with Crippen molar-refractivity contribution in [1.29, 1.82) is 0 Å². The van der Waals surface area contributed by atoms with Crippen molar-refractivity contribution in [3.05, 3.63) is 53.6 Å². The molecule has 0 fully saturated rings. The Morgan fingerprint density at radius 3 is 1.92 bits per heavy atom. The molecule has 0 amide bonds. The molecule has 26 heavy (non-hydrogen) atoms. The van der Waals surface area contributed by atoms with Crippen molar-refractivity contribution in [1.82, 2.24) is 0 Å². The summed E-state index contributed by atoms with van der Waals surface area (Å²) >= 11 is 0. The van der Waals surface area contributed by atoms with Crippen LogP contribution in [-0.2, 0) is 14.0 Å². The van der Waals surface area contributed by atoms with E-state index in [0.717, 1.165) is 16.4 Å². The van der Waals surface area contributed by atoms with Gasteiger partial charge in [-0.05, 0) is 36.6 Å². The fourth-order valence-corrected chi connectivity index (χ4v) is 3.11. The first-order valence-corrected chi connectivity index (χ1v) is 10.8. The Morgan fingerprint density at radius 1 is 0.808 bits per heavy atom. The zero-order valence-electron chi connectivity index (χ0n) is 15.6. The van der Waals surface area contributed by atoms with Gasteiger partial charge in [-0.25, -0.2) is 0 Å². The average Bonchev–Trinajstić information content (AvgIpc) is 2.63. The molecule has 0 aliphatic heterocycles. The van der Waals surface area contributed by atoms with E-state index in [-0.39, 0.29) is 13.6 Å². The lowest BCUT2D eigenvalue weighted by molar-refractivity contribution is 0.0322. The normalized spacial score (nSPS) is 11.7. The monoisotopic (exact) mass is 376 g/mol. The SMILES string of the molecule is COCOc1ccc(/C=C/c2ccc(P(C)(C)=O)cc2)cc1OCOC. The van der Waals surface area contributed by atoms with Crippen molar-refractivity contribution in [2.24, 2.45) is 0 Å². The van der Waals surface area contributed by atoms with E-state index in [4.69, 9.17) is 18.9 Å². The molecule has 0 N–H and O–H groups in total. The van der Waals surface area contributed by atoms with Crippen molar-refractivity contribution in [3.8, 4) is 11.5 Å². The number of methoxy groups -OCH3 is 2. The van der Waals surface area contributed by atoms with E-state index in [9.17, 15) is 4.57 Å². The molecular formula is C20H25O5P. The van der Waals surface area contributed by atoms with Crippen LogP contribution in [0.3, 0.4) is 0 Å². The lowest BCUT2D eigenvalue weighted by Gasteiger charge is -2.12. The lowest BCUT2D eigenvalue weighted by atomic mass is 10.1. The number of hydrogen-bond donors (Lipinski definition) is 0. The molecule has 0 saturated heterocycles. The van der Waals surface area contributed by atoms with E-state index in [0.29, 0.717) is 11.5 Å². The summed E-state index contributed by atoms with van der Waals surface area (Å²) in [6.45, 7) is 3.81. The summed E-state index contributed by atoms with van der Waals surface area (Å²) in [7, 11) is 0.904. The van der Waals surface area contributed by atoms with E-state index in [1.807, 2.05) is 54.6 Å². The summed E-state index contributed by atoms with van der Waals surface area (Å²) in [6.07, 6.45) is 3.97. The highest BCUT2D eigenvalue weighted by atomic mass is 31.2. The maximum atomic E-state index is 12.1. The summed E-state index contributed by atoms with van der Waals surface area (Å²) in [5, 5.41) is 0.879. The highest BCUT2D eigenvalue weighted by molar-refractivity contribution is 7.70. The summed E-state index contributed by atoms with van der Waals surface area (Å²) in [5.41, 5.74) is 1.99. The standard InChI is InChI=1S/C20H25O5P/c1-22-14-24-19-12-9-17(13-20(19)25-15-23-2)6-5-16-7-10-18(11-8-16)26(3,4)21/h5-13H,14-15H2,1-4H3/b6-5+. The molecule has 2 aromatic rings. The van der Waals surface area contributed by atoms with E-state index in [2.05, 4.69) is 0 Å². The van der Waals surface area contributed by atoms with Gasteiger partial charge in [0.05, 0.1) is 0 Å². The van der Waals surface area contributed by atoms with E-state index in [1.165, 1.54) is 0 Å². The second kappa shape index (κ2) is 9.58. The maximum Gasteiger partial charge on any atom is 0.188 e. The number of rotatable bonds is 9. The third kappa shape index (κ3) is 6.03. The van der Waals surface area contributed by atoms with Crippen LogP contribution in [0.4, 0.5) is 0 Å². The Balaban J connectivity index is 2.17. The molecule has 0 aliphatic rings. The predicted molar refractivity (Wildman–Crippen MR) is 106 cm³/mol. The number of ether oxygens (including phenoxy) is 4. The third-order valence-corrected chi connectivity index (χ3v) is 5.16. The highest BCUT2D eigenvalue weighted by Gasteiger charge is 2.09. The van der Waals surface area contributed by atoms with Crippen LogP contribution >= 0.6 is 7.14 Å². The first kappa shape index (κ1) is 20.2. The number of hydrogen-bond acceptors (Lipinski definition) is 5. The topological polar surface area (TPSA) is 54.0 Å². The van der Waals surface area contributed by atoms with E-state index < -0.39 is 7.14 Å². The van der Waals surface area contributed by atoms with Crippen LogP contribution in [0.25, 0.3) is 12.2 Å². The van der Waals surface area contributed by atoms with Crippen molar-refractivity contribution in [2.75, 3.05) is 41.1 Å². The maximum absolute atomic E-state index is 12.1. The van der Waals surface area contributed by atoms with Gasteiger partial charge in [-0.3, -0.25) is 0 Å². The van der Waals surface area contributed by atoms with Crippen LogP contribution in [0, 0.1) is 0 Å². The van der Waals surface area contributed by atoms with Gasteiger partial charge >= 0.3 is 0 Å². The molecule has 0 unspecified atom stereocenters. The second-order valence-corrected chi connectivity index (χ2v) is 9.30. The lowest BCUT2D eigenvalue weighted by Crippen LogP contribution is -2.04. The highest BCUT2D eigenvalue weighted by Crippen LogP contribution is 2.34. The zero-order valence-corrected chi connectivity index (χ0v) is 16.5. The molecule has 0 spiro atoms. The van der Waals surface area contributed by atoms with Crippen molar-refractivity contribution < 1.29 is 23.5 Å². The van der Waals surface area contributed by atoms with Crippen LogP contribution in [0.1, 0.15) is 11.1 Å². The Morgan fingerprint density at radius 2 is 1.35 bits per heavy atom. The molecule has 0 saturated carbocycles. The molecular weight excluding hydrogens is 351 g/mol. The van der Waals surface area contributed by atoms with E-state index in [1.54, 1.807) is 27.5 Å². The first-order valence-electron chi connectivity index (χ1n) is 8.15. The van der Waals surface area contributed by atoms with Gasteiger partial charge in [0.25, 0.3) is 0 Å². The Hall–Kier alpha value is -2.07. The Kier molecular flexibility index (Phi) is 7.46. The molecule has 0 atom stereocenters. The van der Waals surface area contributed by atoms with E-state index >= 15 is 0 Å². The minimum atomic E-state index is -2.22. The van der Waals surface area contributed by atoms with Gasteiger partial charge in [-0.2, -0.15) is 0 Å². The minimum Gasteiger partial charge on any atom is -0.464 e. The molecule has 0 bridgehead atoms. The van der Waals surface area contributed by atoms with Crippen LogP contribution in [0.15, 0.2) is 42.5 Å². The van der Waals surface area contributed by atoms with Gasteiger partial charge in [0.15, 0.2) is 25.1 Å². The molecule has 2 rings (SSSR count). The molecule has 5 nitrogen and oxygen atoms in total. The van der Waals surface area contributed by atoms with Gasteiger partial charge in [0.1, 0.15) is 7.14 Å². The van der Waals surface area contributed by atoms with Gasteiger partial charge in [0, 0.05) is 19.5 Å². The molecule has 140 valence electrons. The number of benzene rings is 2. The van der Waals surface area contributed by atoms with Crippen LogP contribution in [-0.4, -0.2) is 41.1 Å². The van der Waals surface area contributed by atoms with Crippen molar-refractivity contribution in [3.63, 3.8) is 0 Å². The third-order valence-electron chi connectivity index (χ3n) is 3.62. The summed E-state index contributed by atoms with van der Waals surface area (Å²) < 4.78 is 33.0. The fraction of sp³-hybridized carbons (Fsp3) is 0.300. The summed E-state index contributed by atoms with van der Waals surface area (Å²) in [6, 6.07) is 13.4. The van der Waals surface area contributed by atoms with Crippen LogP contribution in [0.5, 0.6) is 11.5 Å². The zero-order chi connectivity index (χ0) is 19.0. The second-order valence-electron chi connectivity index (χ2n) is 6.08. The first-order chi connectivity index (χ1) is 12.4. The van der Waals surface area contributed by atoms with Crippen LogP contribution < -0.4 is 14.8 Å². The average molecular weight is 376 g/mol. The van der Waals surface area contributed by atoms with Crippen molar-refractivity contribution in [2.45, 2.75) is 0 Å². The minimum absolute atomic E-state index is 0.131. The van der Waals surface area contributed by atoms with Crippen LogP contribution in [0.2, 0.25) is 0 Å². The summed E-state index contributed by atoms with van der Waals surface area (Å²) in [4.78, 5) is 0. The molecule has 0 heterocycles. The smallest absolute Gasteiger partial charge is 0.188 e. The fourth-order valence-electron chi connectivity index (χ4n) is 2.24.